The summed E-state index contributed by atoms with van der Waals surface area (Å²) >= 11 is 7.42. The van der Waals surface area contributed by atoms with Crippen molar-refractivity contribution in [1.82, 2.24) is 9.38 Å². The molecule has 1 N–H and O–H groups in total. The van der Waals surface area contributed by atoms with E-state index in [4.69, 9.17) is 5.11 Å². The first-order chi connectivity index (χ1) is 7.15. The van der Waals surface area contributed by atoms with Gasteiger partial charge in [0, 0.05) is 16.4 Å². The summed E-state index contributed by atoms with van der Waals surface area (Å²) in [7, 11) is 0. The third-order valence-electron chi connectivity index (χ3n) is 2.03. The van der Waals surface area contributed by atoms with E-state index in [1.807, 2.05) is 6.07 Å². The van der Waals surface area contributed by atoms with Gasteiger partial charge in [-0.3, -0.25) is 0 Å². The highest BCUT2D eigenvalue weighted by atomic mass is 79.9. The van der Waals surface area contributed by atoms with Crippen molar-refractivity contribution >= 4 is 40.0 Å². The third kappa shape index (κ3) is 1.63. The highest BCUT2D eigenvalue weighted by Crippen LogP contribution is 2.23. The SMILES string of the molecule is O=C(O)c1nc(CS)n2cccc(Br)c12. The van der Waals surface area contributed by atoms with Gasteiger partial charge in [0.25, 0.3) is 0 Å². The van der Waals surface area contributed by atoms with Crippen molar-refractivity contribution in [3.8, 4) is 0 Å². The van der Waals surface area contributed by atoms with Crippen LogP contribution < -0.4 is 0 Å². The minimum atomic E-state index is -1.03. The number of fused-ring (bicyclic) bond motifs is 1. The number of aromatic carboxylic acids is 1. The summed E-state index contributed by atoms with van der Waals surface area (Å²) in [6.45, 7) is 0. The minimum absolute atomic E-state index is 0.0477. The van der Waals surface area contributed by atoms with Crippen LogP contribution in [-0.4, -0.2) is 20.5 Å². The summed E-state index contributed by atoms with van der Waals surface area (Å²) in [5.41, 5.74) is 0.612. The molecular formula is C9H7BrN2O2S. The minimum Gasteiger partial charge on any atom is -0.476 e. The number of carboxylic acid groups (broad SMARTS) is 1. The van der Waals surface area contributed by atoms with E-state index in [2.05, 4.69) is 33.5 Å². The largest absolute Gasteiger partial charge is 0.476 e. The number of halogens is 1. The fourth-order valence-corrected chi connectivity index (χ4v) is 2.18. The second-order valence-electron chi connectivity index (χ2n) is 2.91. The predicted octanol–water partition coefficient (Wildman–Crippen LogP) is 2.22. The van der Waals surface area contributed by atoms with E-state index >= 15 is 0 Å². The number of hydrogen-bond donors (Lipinski definition) is 2. The summed E-state index contributed by atoms with van der Waals surface area (Å²) in [5.74, 6) is -0.0234. The van der Waals surface area contributed by atoms with Crippen LogP contribution in [0.2, 0.25) is 0 Å². The van der Waals surface area contributed by atoms with E-state index in [-0.39, 0.29) is 5.69 Å². The Kier molecular flexibility index (Phi) is 2.70. The molecule has 2 aromatic rings. The van der Waals surface area contributed by atoms with Gasteiger partial charge in [0.2, 0.25) is 0 Å². The lowest BCUT2D eigenvalue weighted by molar-refractivity contribution is 0.0693. The summed E-state index contributed by atoms with van der Waals surface area (Å²) in [5, 5.41) is 8.99. The maximum Gasteiger partial charge on any atom is 0.356 e. The lowest BCUT2D eigenvalue weighted by atomic mass is 10.3. The fraction of sp³-hybridized carbons (Fsp3) is 0.111. The number of pyridine rings is 1. The van der Waals surface area contributed by atoms with Crippen LogP contribution in [0, 0.1) is 0 Å². The molecule has 4 nitrogen and oxygen atoms in total. The Labute approximate surface area is 99.5 Å². The molecule has 0 bridgehead atoms. The maximum absolute atomic E-state index is 11.0. The van der Waals surface area contributed by atoms with Crippen LogP contribution in [0.1, 0.15) is 16.3 Å². The monoisotopic (exact) mass is 286 g/mol. The Balaban J connectivity index is 2.88. The smallest absolute Gasteiger partial charge is 0.356 e. The summed E-state index contributed by atoms with van der Waals surface area (Å²) in [4.78, 5) is 15.0. The summed E-state index contributed by atoms with van der Waals surface area (Å²) in [6.07, 6.45) is 1.77. The van der Waals surface area contributed by atoms with Gasteiger partial charge in [-0.25, -0.2) is 9.78 Å². The number of carboxylic acids is 1. The quantitative estimate of drug-likeness (QED) is 0.833. The molecule has 15 heavy (non-hydrogen) atoms. The van der Waals surface area contributed by atoms with Crippen LogP contribution in [0.3, 0.4) is 0 Å². The first kappa shape index (κ1) is 10.5. The number of imidazole rings is 1. The Bertz CT molecular complexity index is 538. The zero-order valence-electron chi connectivity index (χ0n) is 7.51. The number of carbonyl (C=O) groups is 1. The molecule has 0 unspecified atom stereocenters. The Hall–Kier alpha value is -1.01. The lowest BCUT2D eigenvalue weighted by Crippen LogP contribution is -1.97. The summed E-state index contributed by atoms with van der Waals surface area (Å²) in [6, 6.07) is 3.60. The van der Waals surface area contributed by atoms with Gasteiger partial charge in [-0.1, -0.05) is 0 Å². The van der Waals surface area contributed by atoms with Crippen molar-refractivity contribution in [3.05, 3.63) is 34.3 Å². The average Bonchev–Trinajstić information content (AvgIpc) is 2.58. The molecule has 6 heteroatoms. The molecule has 0 spiro atoms. The molecule has 0 aromatic carbocycles. The highest BCUT2D eigenvalue weighted by Gasteiger charge is 2.17. The number of thiol groups is 1. The molecule has 0 aliphatic rings. The fourth-order valence-electron chi connectivity index (χ4n) is 1.42. The molecule has 0 atom stereocenters. The first-order valence-corrected chi connectivity index (χ1v) is 5.57. The number of aromatic nitrogens is 2. The molecule has 2 aromatic heterocycles. The molecule has 0 saturated heterocycles. The van der Waals surface area contributed by atoms with Gasteiger partial charge in [0.05, 0.1) is 5.52 Å². The van der Waals surface area contributed by atoms with Crippen LogP contribution in [-0.2, 0) is 5.75 Å². The Morgan fingerprint density at radius 2 is 2.40 bits per heavy atom. The standard InChI is InChI=1S/C9H7BrN2O2S/c10-5-2-1-3-12-6(4-15)11-7(8(5)12)9(13)14/h1-3,15H,4H2,(H,13,14). The molecule has 0 fully saturated rings. The van der Waals surface area contributed by atoms with Gasteiger partial charge in [-0.2, -0.15) is 12.6 Å². The van der Waals surface area contributed by atoms with Crippen molar-refractivity contribution in [1.29, 1.82) is 0 Å². The molecule has 0 radical (unpaired) electrons. The molecule has 2 rings (SSSR count). The van der Waals surface area contributed by atoms with E-state index in [9.17, 15) is 4.79 Å². The van der Waals surface area contributed by atoms with Crippen LogP contribution >= 0.6 is 28.6 Å². The van der Waals surface area contributed by atoms with Crippen LogP contribution in [0.15, 0.2) is 22.8 Å². The zero-order chi connectivity index (χ0) is 11.0. The van der Waals surface area contributed by atoms with Gasteiger partial charge < -0.3 is 9.51 Å². The third-order valence-corrected chi connectivity index (χ3v) is 2.95. The van der Waals surface area contributed by atoms with Gasteiger partial charge in [0.1, 0.15) is 5.82 Å². The maximum atomic E-state index is 11.0. The van der Waals surface area contributed by atoms with E-state index in [1.165, 1.54) is 0 Å². The van der Waals surface area contributed by atoms with Crippen molar-refractivity contribution in [3.63, 3.8) is 0 Å². The number of nitrogens with zero attached hydrogens (tertiary/aromatic N) is 2. The van der Waals surface area contributed by atoms with Gasteiger partial charge in [-0.15, -0.1) is 0 Å². The molecule has 78 valence electrons. The van der Waals surface area contributed by atoms with Crippen molar-refractivity contribution in [2.75, 3.05) is 0 Å². The molecule has 0 amide bonds. The van der Waals surface area contributed by atoms with Crippen molar-refractivity contribution < 1.29 is 9.90 Å². The average molecular weight is 287 g/mol. The second kappa shape index (κ2) is 3.86. The number of hydrogen-bond acceptors (Lipinski definition) is 3. The van der Waals surface area contributed by atoms with Crippen LogP contribution in [0.5, 0.6) is 0 Å². The van der Waals surface area contributed by atoms with E-state index in [0.717, 1.165) is 0 Å². The predicted molar refractivity (Wildman–Crippen MR) is 62.5 cm³/mol. The molecule has 0 aliphatic heterocycles. The van der Waals surface area contributed by atoms with Crippen molar-refractivity contribution in [2.45, 2.75) is 5.75 Å². The Morgan fingerprint density at radius 1 is 1.67 bits per heavy atom. The van der Waals surface area contributed by atoms with E-state index < -0.39 is 5.97 Å². The van der Waals surface area contributed by atoms with E-state index in [0.29, 0.717) is 21.6 Å². The lowest BCUT2D eigenvalue weighted by Gasteiger charge is -1.98. The van der Waals surface area contributed by atoms with Gasteiger partial charge >= 0.3 is 5.97 Å². The highest BCUT2D eigenvalue weighted by molar-refractivity contribution is 9.10. The second-order valence-corrected chi connectivity index (χ2v) is 4.09. The van der Waals surface area contributed by atoms with Crippen molar-refractivity contribution in [2.24, 2.45) is 0 Å². The topological polar surface area (TPSA) is 54.6 Å². The number of rotatable bonds is 2. The molecule has 0 aliphatic carbocycles. The summed E-state index contributed by atoms with van der Waals surface area (Å²) < 4.78 is 2.43. The normalized spacial score (nSPS) is 10.8. The first-order valence-electron chi connectivity index (χ1n) is 4.14. The molecule has 2 heterocycles. The van der Waals surface area contributed by atoms with Gasteiger partial charge in [-0.05, 0) is 28.1 Å². The van der Waals surface area contributed by atoms with Crippen LogP contribution in [0.25, 0.3) is 5.52 Å². The Morgan fingerprint density at radius 3 is 3.00 bits per heavy atom. The van der Waals surface area contributed by atoms with E-state index in [1.54, 1.807) is 16.7 Å². The van der Waals surface area contributed by atoms with Gasteiger partial charge in [0.15, 0.2) is 5.69 Å². The zero-order valence-corrected chi connectivity index (χ0v) is 9.99. The van der Waals surface area contributed by atoms with Crippen LogP contribution in [0.4, 0.5) is 0 Å². The molecule has 0 saturated carbocycles. The molecular weight excluding hydrogens is 280 g/mol.